The van der Waals surface area contributed by atoms with Gasteiger partial charge in [0.15, 0.2) is 5.78 Å². The average molecular weight is 387 g/mol. The quantitative estimate of drug-likeness (QED) is 0.616. The van der Waals surface area contributed by atoms with Crippen LogP contribution < -0.4 is 5.32 Å². The lowest BCUT2D eigenvalue weighted by Crippen LogP contribution is -2.51. The van der Waals surface area contributed by atoms with Gasteiger partial charge in [0.2, 0.25) is 11.8 Å². The van der Waals surface area contributed by atoms with Gasteiger partial charge in [-0.2, -0.15) is 0 Å². The van der Waals surface area contributed by atoms with Crippen LogP contribution >= 0.6 is 0 Å². The molecule has 0 bridgehead atoms. The lowest BCUT2D eigenvalue weighted by atomic mass is 10.1. The standard InChI is InChI=1S/C20H25N3O5/c1-4-28-20(27)23-11-9-22(10-12-23)19(26)14(2)13-18(25)21-17-7-5-16(6-8-17)15(3)24/h5-8,13H,4,9-12H2,1-3H3,(H,21,25)/b14-13+. The number of anilines is 1. The van der Waals surface area contributed by atoms with Crippen LogP contribution in [0.25, 0.3) is 0 Å². The molecule has 1 N–H and O–H groups in total. The zero-order chi connectivity index (χ0) is 20.7. The highest BCUT2D eigenvalue weighted by molar-refractivity contribution is 6.06. The summed E-state index contributed by atoms with van der Waals surface area (Å²) in [6.07, 6.45) is 0.871. The summed E-state index contributed by atoms with van der Waals surface area (Å²) in [6.45, 7) is 6.67. The van der Waals surface area contributed by atoms with Crippen LogP contribution in [0, 0.1) is 0 Å². The molecule has 0 saturated carbocycles. The minimum absolute atomic E-state index is 0.0535. The number of ketones is 1. The lowest BCUT2D eigenvalue weighted by molar-refractivity contribution is -0.129. The normalized spacial score (nSPS) is 14.5. The number of hydrogen-bond donors (Lipinski definition) is 1. The van der Waals surface area contributed by atoms with E-state index in [9.17, 15) is 19.2 Å². The number of ether oxygens (including phenoxy) is 1. The molecule has 8 heteroatoms. The SMILES string of the molecule is CCOC(=O)N1CCN(C(=O)/C(C)=C/C(=O)Nc2ccc(C(C)=O)cc2)CC1. The second kappa shape index (κ2) is 9.68. The van der Waals surface area contributed by atoms with Crippen molar-refractivity contribution in [3.63, 3.8) is 0 Å². The predicted molar refractivity (Wildman–Crippen MR) is 104 cm³/mol. The van der Waals surface area contributed by atoms with E-state index in [1.165, 1.54) is 13.0 Å². The smallest absolute Gasteiger partial charge is 0.409 e. The molecule has 1 aliphatic rings. The molecule has 1 heterocycles. The number of carbonyl (C=O) groups excluding carboxylic acids is 4. The maximum absolute atomic E-state index is 12.5. The molecule has 0 aliphatic carbocycles. The van der Waals surface area contributed by atoms with E-state index in [1.807, 2.05) is 0 Å². The molecule has 150 valence electrons. The summed E-state index contributed by atoms with van der Waals surface area (Å²) in [6, 6.07) is 6.52. The van der Waals surface area contributed by atoms with Crippen molar-refractivity contribution < 1.29 is 23.9 Å². The van der Waals surface area contributed by atoms with Crippen molar-refractivity contribution in [2.45, 2.75) is 20.8 Å². The summed E-state index contributed by atoms with van der Waals surface area (Å²) in [4.78, 5) is 50.8. The van der Waals surface area contributed by atoms with Gasteiger partial charge in [-0.15, -0.1) is 0 Å². The number of Topliss-reactive ketones (excluding diaryl/α,β-unsaturated/α-hetero) is 1. The fraction of sp³-hybridized carbons (Fsp3) is 0.400. The fourth-order valence-corrected chi connectivity index (χ4v) is 2.78. The van der Waals surface area contributed by atoms with Gasteiger partial charge in [-0.1, -0.05) is 0 Å². The molecule has 0 aromatic heterocycles. The van der Waals surface area contributed by atoms with E-state index >= 15 is 0 Å². The van der Waals surface area contributed by atoms with Gasteiger partial charge in [0, 0.05) is 49.1 Å². The number of nitrogens with zero attached hydrogens (tertiary/aromatic N) is 2. The van der Waals surface area contributed by atoms with Gasteiger partial charge >= 0.3 is 6.09 Å². The molecule has 0 radical (unpaired) electrons. The van der Waals surface area contributed by atoms with E-state index in [-0.39, 0.29) is 17.8 Å². The van der Waals surface area contributed by atoms with E-state index in [0.29, 0.717) is 49.6 Å². The molecular formula is C20H25N3O5. The fourth-order valence-electron chi connectivity index (χ4n) is 2.78. The Morgan fingerprint density at radius 3 is 2.11 bits per heavy atom. The number of hydrogen-bond acceptors (Lipinski definition) is 5. The van der Waals surface area contributed by atoms with Crippen molar-refractivity contribution >= 4 is 29.4 Å². The number of carbonyl (C=O) groups is 4. The van der Waals surface area contributed by atoms with Crippen LogP contribution in [0.2, 0.25) is 0 Å². The first-order valence-corrected chi connectivity index (χ1v) is 9.13. The number of benzene rings is 1. The molecule has 2 rings (SSSR count). The zero-order valence-electron chi connectivity index (χ0n) is 16.4. The largest absolute Gasteiger partial charge is 0.450 e. The van der Waals surface area contributed by atoms with E-state index in [0.717, 1.165) is 0 Å². The van der Waals surface area contributed by atoms with Gasteiger partial charge in [0.05, 0.1) is 6.61 Å². The van der Waals surface area contributed by atoms with Crippen LogP contribution in [0.1, 0.15) is 31.1 Å². The molecule has 1 aromatic carbocycles. The molecule has 1 fully saturated rings. The van der Waals surface area contributed by atoms with Crippen LogP contribution in [0.4, 0.5) is 10.5 Å². The molecule has 0 atom stereocenters. The molecule has 1 aromatic rings. The maximum Gasteiger partial charge on any atom is 0.409 e. The third kappa shape index (κ3) is 5.67. The molecule has 28 heavy (non-hydrogen) atoms. The molecule has 8 nitrogen and oxygen atoms in total. The van der Waals surface area contributed by atoms with Crippen LogP contribution in [0.3, 0.4) is 0 Å². The number of nitrogens with one attached hydrogen (secondary N) is 1. The number of amides is 3. The maximum atomic E-state index is 12.5. The minimum Gasteiger partial charge on any atom is -0.450 e. The molecule has 1 saturated heterocycles. The highest BCUT2D eigenvalue weighted by Crippen LogP contribution is 2.12. The summed E-state index contributed by atoms with van der Waals surface area (Å²) in [5, 5.41) is 2.67. The summed E-state index contributed by atoms with van der Waals surface area (Å²) in [5.41, 5.74) is 1.40. The Balaban J connectivity index is 1.89. The van der Waals surface area contributed by atoms with Crippen molar-refractivity contribution in [2.24, 2.45) is 0 Å². The summed E-state index contributed by atoms with van der Waals surface area (Å²) >= 11 is 0. The predicted octanol–water partition coefficient (Wildman–Crippen LogP) is 2.07. The van der Waals surface area contributed by atoms with Gasteiger partial charge in [0.1, 0.15) is 0 Å². The Morgan fingerprint density at radius 2 is 1.57 bits per heavy atom. The third-order valence-corrected chi connectivity index (χ3v) is 4.34. The van der Waals surface area contributed by atoms with Crippen molar-refractivity contribution in [2.75, 3.05) is 38.1 Å². The molecule has 0 spiro atoms. The monoisotopic (exact) mass is 387 g/mol. The van der Waals surface area contributed by atoms with Crippen molar-refractivity contribution in [1.29, 1.82) is 0 Å². The highest BCUT2D eigenvalue weighted by Gasteiger charge is 2.25. The molecule has 3 amide bonds. The van der Waals surface area contributed by atoms with Gasteiger partial charge in [-0.25, -0.2) is 4.79 Å². The van der Waals surface area contributed by atoms with Crippen molar-refractivity contribution in [3.8, 4) is 0 Å². The van der Waals surface area contributed by atoms with Gasteiger partial charge in [-0.3, -0.25) is 14.4 Å². The second-order valence-corrected chi connectivity index (χ2v) is 6.43. The zero-order valence-corrected chi connectivity index (χ0v) is 16.4. The van der Waals surface area contributed by atoms with E-state index in [2.05, 4.69) is 5.32 Å². The topological polar surface area (TPSA) is 96.0 Å². The highest BCUT2D eigenvalue weighted by atomic mass is 16.6. The van der Waals surface area contributed by atoms with Gasteiger partial charge in [0.25, 0.3) is 0 Å². The summed E-state index contributed by atoms with van der Waals surface area (Å²) in [7, 11) is 0. The van der Waals surface area contributed by atoms with Crippen LogP contribution in [-0.2, 0) is 14.3 Å². The molecule has 0 unspecified atom stereocenters. The third-order valence-electron chi connectivity index (χ3n) is 4.34. The molecular weight excluding hydrogens is 362 g/mol. The second-order valence-electron chi connectivity index (χ2n) is 6.43. The summed E-state index contributed by atoms with van der Waals surface area (Å²) < 4.78 is 4.95. The lowest BCUT2D eigenvalue weighted by Gasteiger charge is -2.34. The van der Waals surface area contributed by atoms with Crippen molar-refractivity contribution in [3.05, 3.63) is 41.5 Å². The first-order chi connectivity index (χ1) is 13.3. The van der Waals surface area contributed by atoms with Crippen LogP contribution in [0.5, 0.6) is 0 Å². The Bertz CT molecular complexity index is 778. The average Bonchev–Trinajstić information content (AvgIpc) is 2.68. The minimum atomic E-state index is -0.424. The molecule has 1 aliphatic heterocycles. The van der Waals surface area contributed by atoms with Crippen LogP contribution in [0.15, 0.2) is 35.9 Å². The first-order valence-electron chi connectivity index (χ1n) is 9.13. The number of rotatable bonds is 5. The van der Waals surface area contributed by atoms with E-state index in [1.54, 1.807) is 47.9 Å². The van der Waals surface area contributed by atoms with Gasteiger partial charge in [-0.05, 0) is 45.0 Å². The number of piperazine rings is 1. The Kier molecular flexibility index (Phi) is 7.31. The van der Waals surface area contributed by atoms with Crippen LogP contribution in [-0.4, -0.2) is 66.3 Å². The Morgan fingerprint density at radius 1 is 1.00 bits per heavy atom. The van der Waals surface area contributed by atoms with E-state index in [4.69, 9.17) is 4.74 Å². The van der Waals surface area contributed by atoms with Crippen molar-refractivity contribution in [1.82, 2.24) is 9.80 Å². The Labute approximate surface area is 164 Å². The summed E-state index contributed by atoms with van der Waals surface area (Å²) in [5.74, 6) is -0.723. The van der Waals surface area contributed by atoms with Gasteiger partial charge < -0.3 is 19.9 Å². The first kappa shape index (κ1) is 21.1. The Hall–Kier alpha value is -3.16. The van der Waals surface area contributed by atoms with E-state index < -0.39 is 5.91 Å².